The summed E-state index contributed by atoms with van der Waals surface area (Å²) in [5.41, 5.74) is 3.80. The number of carbonyl (C=O) groups excluding carboxylic acids is 2. The van der Waals surface area contributed by atoms with Crippen LogP contribution < -0.4 is 5.32 Å². The fourth-order valence-electron chi connectivity index (χ4n) is 2.39. The summed E-state index contributed by atoms with van der Waals surface area (Å²) in [6.45, 7) is 7.66. The number of carbonyl (C=O) groups is 2. The molecule has 112 valence electrons. The maximum absolute atomic E-state index is 12.5. The smallest absolute Gasteiger partial charge is 0.254 e. The van der Waals surface area contributed by atoms with Crippen LogP contribution >= 0.6 is 0 Å². The Hall–Kier alpha value is -2.10. The molecule has 4 nitrogen and oxygen atoms in total. The third-order valence-electron chi connectivity index (χ3n) is 3.88. The molecule has 4 heteroatoms. The number of aryl methyl sites for hydroxylation is 2. The summed E-state index contributed by atoms with van der Waals surface area (Å²) in [5.74, 6) is 0.0140. The van der Waals surface area contributed by atoms with E-state index in [-0.39, 0.29) is 11.8 Å². The number of hydrogen-bond acceptors (Lipinski definition) is 2. The lowest BCUT2D eigenvalue weighted by Gasteiger charge is -2.26. The number of hydrogen-bond donors (Lipinski definition) is 1. The highest BCUT2D eigenvalue weighted by Gasteiger charge is 2.21. The molecule has 2 rings (SSSR count). The summed E-state index contributed by atoms with van der Waals surface area (Å²) in [7, 11) is 0. The van der Waals surface area contributed by atoms with Crippen LogP contribution in [-0.4, -0.2) is 36.3 Å². The van der Waals surface area contributed by atoms with Crippen LogP contribution in [0.5, 0.6) is 0 Å². The summed E-state index contributed by atoms with van der Waals surface area (Å²) in [6.07, 6.45) is 2.47. The number of likely N-dealkylation sites (N-methyl/N-ethyl adjacent to an activating group) is 1. The molecule has 0 atom stereocenters. The molecule has 0 fully saturated rings. The highest BCUT2D eigenvalue weighted by molar-refractivity contribution is 5.96. The minimum Gasteiger partial charge on any atom is -0.353 e. The summed E-state index contributed by atoms with van der Waals surface area (Å²) < 4.78 is 0. The van der Waals surface area contributed by atoms with Crippen molar-refractivity contribution in [2.24, 2.45) is 0 Å². The average molecular weight is 286 g/mol. The molecule has 0 saturated heterocycles. The topological polar surface area (TPSA) is 49.4 Å². The van der Waals surface area contributed by atoms with E-state index in [1.165, 1.54) is 5.56 Å². The van der Waals surface area contributed by atoms with Gasteiger partial charge in [0.25, 0.3) is 5.91 Å². The van der Waals surface area contributed by atoms with Crippen LogP contribution in [0, 0.1) is 13.8 Å². The van der Waals surface area contributed by atoms with E-state index in [4.69, 9.17) is 0 Å². The minimum atomic E-state index is -0.0178. The molecule has 1 aliphatic rings. The van der Waals surface area contributed by atoms with Gasteiger partial charge < -0.3 is 10.2 Å². The lowest BCUT2D eigenvalue weighted by Crippen LogP contribution is -2.37. The van der Waals surface area contributed by atoms with E-state index in [9.17, 15) is 9.59 Å². The third kappa shape index (κ3) is 3.51. The van der Waals surface area contributed by atoms with Crippen LogP contribution in [0.2, 0.25) is 0 Å². The number of amides is 2. The number of nitrogens with zero attached hydrogens (tertiary/aromatic N) is 1. The number of nitrogens with one attached hydrogen (secondary N) is 1. The molecule has 1 aromatic rings. The van der Waals surface area contributed by atoms with Crippen LogP contribution in [-0.2, 0) is 4.79 Å². The number of rotatable bonds is 3. The van der Waals surface area contributed by atoms with Crippen molar-refractivity contribution < 1.29 is 9.59 Å². The second kappa shape index (κ2) is 6.57. The standard InChI is InChI=1S/C17H22N2O2/c1-4-18-16(20)14-7-9-19(10-8-14)17(21)15-6-5-12(2)13(3)11-15/h5-7,11H,4,8-10H2,1-3H3,(H,18,20). The van der Waals surface area contributed by atoms with Crippen molar-refractivity contribution in [2.45, 2.75) is 27.2 Å². The van der Waals surface area contributed by atoms with E-state index in [2.05, 4.69) is 5.32 Å². The lowest BCUT2D eigenvalue weighted by molar-refractivity contribution is -0.117. The summed E-state index contributed by atoms with van der Waals surface area (Å²) in [6, 6.07) is 5.77. The van der Waals surface area contributed by atoms with Gasteiger partial charge >= 0.3 is 0 Å². The van der Waals surface area contributed by atoms with Gasteiger partial charge in [0.05, 0.1) is 0 Å². The molecule has 1 N–H and O–H groups in total. The molecule has 0 radical (unpaired) electrons. The first kappa shape index (κ1) is 15.3. The number of benzene rings is 1. The maximum atomic E-state index is 12.5. The first-order chi connectivity index (χ1) is 10.0. The van der Waals surface area contributed by atoms with E-state index in [0.717, 1.165) is 11.1 Å². The van der Waals surface area contributed by atoms with Crippen molar-refractivity contribution in [1.82, 2.24) is 10.2 Å². The zero-order valence-electron chi connectivity index (χ0n) is 12.9. The van der Waals surface area contributed by atoms with E-state index in [1.54, 1.807) is 4.90 Å². The minimum absolute atomic E-state index is 0.0178. The van der Waals surface area contributed by atoms with Crippen molar-refractivity contribution in [3.8, 4) is 0 Å². The molecule has 0 aliphatic carbocycles. The predicted molar refractivity (Wildman–Crippen MR) is 83.2 cm³/mol. The molecule has 0 spiro atoms. The van der Waals surface area contributed by atoms with Crippen LogP contribution in [0.4, 0.5) is 0 Å². The molecular formula is C17H22N2O2. The first-order valence-corrected chi connectivity index (χ1v) is 7.36. The van der Waals surface area contributed by atoms with Crippen molar-refractivity contribution in [3.05, 3.63) is 46.5 Å². The molecule has 1 aliphatic heterocycles. The molecular weight excluding hydrogens is 264 g/mol. The van der Waals surface area contributed by atoms with Gasteiger partial charge in [-0.2, -0.15) is 0 Å². The van der Waals surface area contributed by atoms with Gasteiger partial charge in [0.15, 0.2) is 0 Å². The van der Waals surface area contributed by atoms with Gasteiger partial charge in [0.1, 0.15) is 0 Å². The Morgan fingerprint density at radius 2 is 2.00 bits per heavy atom. The van der Waals surface area contributed by atoms with Crippen molar-refractivity contribution in [2.75, 3.05) is 19.6 Å². The fraction of sp³-hybridized carbons (Fsp3) is 0.412. The van der Waals surface area contributed by atoms with Gasteiger partial charge in [-0.1, -0.05) is 12.1 Å². The zero-order valence-corrected chi connectivity index (χ0v) is 12.9. The van der Waals surface area contributed by atoms with Crippen LogP contribution in [0.15, 0.2) is 29.8 Å². The van der Waals surface area contributed by atoms with Gasteiger partial charge in [-0.3, -0.25) is 9.59 Å². The van der Waals surface area contributed by atoms with Gasteiger partial charge in [-0.05, 0) is 50.5 Å². The lowest BCUT2D eigenvalue weighted by atomic mass is 10.0. The Labute approximate surface area is 125 Å². The first-order valence-electron chi connectivity index (χ1n) is 7.36. The second-order valence-corrected chi connectivity index (χ2v) is 5.39. The Balaban J connectivity index is 2.06. The zero-order chi connectivity index (χ0) is 15.4. The largest absolute Gasteiger partial charge is 0.353 e. The fourth-order valence-corrected chi connectivity index (χ4v) is 2.39. The van der Waals surface area contributed by atoms with Crippen molar-refractivity contribution in [3.63, 3.8) is 0 Å². The molecule has 2 amide bonds. The van der Waals surface area contributed by atoms with Crippen LogP contribution in [0.1, 0.15) is 34.8 Å². The van der Waals surface area contributed by atoms with Gasteiger partial charge in [0, 0.05) is 30.8 Å². The Bertz CT molecular complexity index is 590. The Morgan fingerprint density at radius 1 is 1.24 bits per heavy atom. The maximum Gasteiger partial charge on any atom is 0.254 e. The predicted octanol–water partition coefficient (Wildman–Crippen LogP) is 2.21. The van der Waals surface area contributed by atoms with Crippen molar-refractivity contribution >= 4 is 11.8 Å². The molecule has 0 aromatic heterocycles. The second-order valence-electron chi connectivity index (χ2n) is 5.39. The Morgan fingerprint density at radius 3 is 2.57 bits per heavy atom. The highest BCUT2D eigenvalue weighted by Crippen LogP contribution is 2.16. The SMILES string of the molecule is CCNC(=O)C1=CCN(C(=O)c2ccc(C)c(C)c2)CC1. The van der Waals surface area contributed by atoms with Gasteiger partial charge in [-0.15, -0.1) is 0 Å². The van der Waals surface area contributed by atoms with E-state index >= 15 is 0 Å². The average Bonchev–Trinajstić information content (AvgIpc) is 2.50. The summed E-state index contributed by atoms with van der Waals surface area (Å²) >= 11 is 0. The Kier molecular flexibility index (Phi) is 4.78. The molecule has 21 heavy (non-hydrogen) atoms. The summed E-state index contributed by atoms with van der Waals surface area (Å²) in [5, 5.41) is 2.79. The van der Waals surface area contributed by atoms with Gasteiger partial charge in [-0.25, -0.2) is 0 Å². The van der Waals surface area contributed by atoms with E-state index < -0.39 is 0 Å². The monoisotopic (exact) mass is 286 g/mol. The van der Waals surface area contributed by atoms with Crippen molar-refractivity contribution in [1.29, 1.82) is 0 Å². The normalized spacial score (nSPS) is 14.6. The molecule has 0 bridgehead atoms. The molecule has 0 saturated carbocycles. The summed E-state index contributed by atoms with van der Waals surface area (Å²) in [4.78, 5) is 26.0. The highest BCUT2D eigenvalue weighted by atomic mass is 16.2. The molecule has 1 aromatic carbocycles. The quantitative estimate of drug-likeness (QED) is 0.926. The van der Waals surface area contributed by atoms with Crippen LogP contribution in [0.25, 0.3) is 0 Å². The van der Waals surface area contributed by atoms with Gasteiger partial charge in [0.2, 0.25) is 5.91 Å². The molecule has 1 heterocycles. The van der Waals surface area contributed by atoms with E-state index in [1.807, 2.05) is 45.0 Å². The van der Waals surface area contributed by atoms with E-state index in [0.29, 0.717) is 31.6 Å². The van der Waals surface area contributed by atoms with Crippen LogP contribution in [0.3, 0.4) is 0 Å². The third-order valence-corrected chi connectivity index (χ3v) is 3.88. The molecule has 0 unspecified atom stereocenters.